The second kappa shape index (κ2) is 8.47. The van der Waals surface area contributed by atoms with Crippen molar-refractivity contribution in [3.8, 4) is 5.75 Å². The number of nitrogens with zero attached hydrogens (tertiary/aromatic N) is 1. The number of aliphatic hydroxyl groups is 1. The van der Waals surface area contributed by atoms with E-state index in [9.17, 15) is 14.7 Å². The quantitative estimate of drug-likeness (QED) is 0.229. The van der Waals surface area contributed by atoms with Crippen LogP contribution in [0.25, 0.3) is 16.7 Å². The Morgan fingerprint density at radius 1 is 0.971 bits per heavy atom. The molecule has 2 N–H and O–H groups in total. The highest BCUT2D eigenvalue weighted by atomic mass is 16.5. The first-order valence-corrected chi connectivity index (χ1v) is 11.4. The topological polar surface area (TPSA) is 82.6 Å². The first kappa shape index (κ1) is 22.5. The van der Waals surface area contributed by atoms with Crippen LogP contribution in [-0.2, 0) is 9.59 Å². The number of amides is 1. The van der Waals surface area contributed by atoms with Crippen molar-refractivity contribution in [2.45, 2.75) is 26.8 Å². The molecule has 1 atom stereocenters. The molecule has 2 heterocycles. The van der Waals surface area contributed by atoms with Crippen molar-refractivity contribution in [1.29, 1.82) is 0 Å². The van der Waals surface area contributed by atoms with Crippen molar-refractivity contribution in [3.05, 3.63) is 100 Å². The normalized spacial score (nSPS) is 17.4. The van der Waals surface area contributed by atoms with Gasteiger partial charge in [0.05, 0.1) is 18.7 Å². The summed E-state index contributed by atoms with van der Waals surface area (Å²) in [6.45, 7) is 5.65. The van der Waals surface area contributed by atoms with Crippen molar-refractivity contribution in [3.63, 3.8) is 0 Å². The van der Waals surface area contributed by atoms with Crippen LogP contribution in [-0.4, -0.2) is 28.9 Å². The molecule has 4 aromatic rings. The number of nitrogens with one attached hydrogen (secondary N) is 1. The molecule has 0 saturated carbocycles. The predicted octanol–water partition coefficient (Wildman–Crippen LogP) is 5.73. The molecule has 35 heavy (non-hydrogen) atoms. The number of para-hydroxylation sites is 1. The van der Waals surface area contributed by atoms with Crippen molar-refractivity contribution in [1.82, 2.24) is 4.98 Å². The highest BCUT2D eigenvalue weighted by molar-refractivity contribution is 6.52. The van der Waals surface area contributed by atoms with Gasteiger partial charge in [0.25, 0.3) is 11.7 Å². The highest BCUT2D eigenvalue weighted by Crippen LogP contribution is 2.45. The van der Waals surface area contributed by atoms with E-state index in [4.69, 9.17) is 4.74 Å². The molecule has 0 bridgehead atoms. The van der Waals surface area contributed by atoms with Crippen molar-refractivity contribution in [2.24, 2.45) is 0 Å². The fraction of sp³-hybridized carbons (Fsp3) is 0.172. The number of carbonyl (C=O) groups excluding carboxylic acids is 2. The molecule has 1 aromatic heterocycles. The molecule has 3 aromatic carbocycles. The summed E-state index contributed by atoms with van der Waals surface area (Å²) >= 11 is 0. The van der Waals surface area contributed by atoms with E-state index in [0.29, 0.717) is 17.0 Å². The Bertz CT molecular complexity index is 1530. The number of aromatic amines is 1. The molecular formula is C29H26N2O4. The number of hydrogen-bond acceptors (Lipinski definition) is 4. The van der Waals surface area contributed by atoms with Crippen LogP contribution in [0.3, 0.4) is 0 Å². The van der Waals surface area contributed by atoms with Crippen molar-refractivity contribution < 1.29 is 19.4 Å². The van der Waals surface area contributed by atoms with Crippen LogP contribution >= 0.6 is 0 Å². The summed E-state index contributed by atoms with van der Waals surface area (Å²) in [5.41, 5.74) is 5.30. The van der Waals surface area contributed by atoms with Crippen molar-refractivity contribution >= 4 is 34.0 Å². The maximum atomic E-state index is 13.5. The Morgan fingerprint density at radius 3 is 2.49 bits per heavy atom. The fourth-order valence-corrected chi connectivity index (χ4v) is 4.90. The van der Waals surface area contributed by atoms with Crippen LogP contribution in [0.4, 0.5) is 5.69 Å². The Balaban J connectivity index is 1.80. The zero-order chi connectivity index (χ0) is 24.9. The van der Waals surface area contributed by atoms with Gasteiger partial charge in [-0.3, -0.25) is 14.5 Å². The van der Waals surface area contributed by atoms with Crippen LogP contribution in [0.15, 0.2) is 72.4 Å². The Hall–Kier alpha value is -4.32. The summed E-state index contributed by atoms with van der Waals surface area (Å²) in [5.74, 6) is -0.896. The lowest BCUT2D eigenvalue weighted by Gasteiger charge is -2.25. The average molecular weight is 467 g/mol. The third-order valence-electron chi connectivity index (χ3n) is 6.64. The monoisotopic (exact) mass is 466 g/mol. The average Bonchev–Trinajstić information content (AvgIpc) is 3.38. The number of aromatic nitrogens is 1. The van der Waals surface area contributed by atoms with E-state index >= 15 is 0 Å². The number of benzene rings is 3. The number of anilines is 1. The van der Waals surface area contributed by atoms with Crippen LogP contribution in [0.1, 0.15) is 33.9 Å². The zero-order valence-corrected chi connectivity index (χ0v) is 20.0. The van der Waals surface area contributed by atoms with E-state index in [0.717, 1.165) is 33.2 Å². The molecule has 1 aliphatic rings. The minimum atomic E-state index is -0.797. The zero-order valence-electron chi connectivity index (χ0n) is 20.0. The van der Waals surface area contributed by atoms with Gasteiger partial charge in [0.2, 0.25) is 0 Å². The number of fused-ring (bicyclic) bond motifs is 1. The molecule has 0 aliphatic carbocycles. The standard InChI is InChI=1S/C29H26N2O4/c1-16-8-7-9-19(12-16)31-26(22-15-30-23-11-6-5-10-20(22)23)25(28(33)29(31)34)27(32)21-13-18(3)24(35-4)14-17(21)2/h5-15,26,30,32H,1-4H3/b27-25+. The first-order valence-electron chi connectivity index (χ1n) is 11.4. The molecule has 176 valence electrons. The number of rotatable bonds is 4. The van der Waals surface area contributed by atoms with Crippen molar-refractivity contribution in [2.75, 3.05) is 12.0 Å². The van der Waals surface area contributed by atoms with Crippen LogP contribution in [0.2, 0.25) is 0 Å². The van der Waals surface area contributed by atoms with Gasteiger partial charge in [-0.25, -0.2) is 0 Å². The SMILES string of the molecule is COc1cc(C)c(/C(O)=C2\C(=O)C(=O)N(c3cccc(C)c3)C2c2c[nH]c3ccccc23)cc1C. The second-order valence-electron chi connectivity index (χ2n) is 8.93. The molecule has 1 aliphatic heterocycles. The van der Waals surface area contributed by atoms with E-state index in [1.165, 1.54) is 4.90 Å². The molecule has 6 nitrogen and oxygen atoms in total. The number of aliphatic hydroxyl groups excluding tert-OH is 1. The summed E-state index contributed by atoms with van der Waals surface area (Å²) < 4.78 is 5.41. The third-order valence-corrected chi connectivity index (χ3v) is 6.64. The molecule has 1 amide bonds. The minimum absolute atomic E-state index is 0.0638. The minimum Gasteiger partial charge on any atom is -0.507 e. The summed E-state index contributed by atoms with van der Waals surface area (Å²) in [5, 5.41) is 12.4. The molecule has 0 spiro atoms. The number of Topliss-reactive ketones (excluding diaryl/α,β-unsaturated/α-hetero) is 1. The van der Waals surface area contributed by atoms with Gasteiger partial charge in [-0.15, -0.1) is 0 Å². The van der Waals surface area contributed by atoms with E-state index in [2.05, 4.69) is 4.98 Å². The number of H-pyrrole nitrogens is 1. The Labute approximate surface area is 203 Å². The fourth-order valence-electron chi connectivity index (χ4n) is 4.90. The lowest BCUT2D eigenvalue weighted by atomic mass is 9.92. The largest absolute Gasteiger partial charge is 0.507 e. The number of ketones is 1. The van der Waals surface area contributed by atoms with E-state index < -0.39 is 17.7 Å². The van der Waals surface area contributed by atoms with Gasteiger partial charge >= 0.3 is 0 Å². The van der Waals surface area contributed by atoms with Gasteiger partial charge < -0.3 is 14.8 Å². The molecule has 0 radical (unpaired) electrons. The first-order chi connectivity index (χ1) is 16.8. The number of ether oxygens (including phenoxy) is 1. The third kappa shape index (κ3) is 3.58. The summed E-state index contributed by atoms with van der Waals surface area (Å²) in [7, 11) is 1.59. The predicted molar refractivity (Wildman–Crippen MR) is 137 cm³/mol. The molecule has 1 fully saturated rings. The van der Waals surface area contributed by atoms with Crippen LogP contribution < -0.4 is 9.64 Å². The van der Waals surface area contributed by atoms with Gasteiger partial charge in [0.15, 0.2) is 0 Å². The molecular weight excluding hydrogens is 440 g/mol. The van der Waals surface area contributed by atoms with Crippen LogP contribution in [0.5, 0.6) is 5.75 Å². The molecule has 1 unspecified atom stereocenters. The molecule has 6 heteroatoms. The molecule has 1 saturated heterocycles. The number of aryl methyl sites for hydroxylation is 3. The van der Waals surface area contributed by atoms with E-state index in [-0.39, 0.29) is 11.3 Å². The van der Waals surface area contributed by atoms with Gasteiger partial charge in [0.1, 0.15) is 11.5 Å². The summed E-state index contributed by atoms with van der Waals surface area (Å²) in [6, 6.07) is 18.0. The summed E-state index contributed by atoms with van der Waals surface area (Å²) in [6.07, 6.45) is 1.81. The van der Waals surface area contributed by atoms with Gasteiger partial charge in [-0.05, 0) is 67.8 Å². The Kier molecular flexibility index (Phi) is 5.44. The van der Waals surface area contributed by atoms with Gasteiger partial charge in [-0.2, -0.15) is 0 Å². The highest BCUT2D eigenvalue weighted by Gasteiger charge is 2.47. The molecule has 5 rings (SSSR count). The van der Waals surface area contributed by atoms with E-state index in [1.54, 1.807) is 13.2 Å². The lowest BCUT2D eigenvalue weighted by Crippen LogP contribution is -2.29. The van der Waals surface area contributed by atoms with Gasteiger partial charge in [0, 0.05) is 33.9 Å². The summed E-state index contributed by atoms with van der Waals surface area (Å²) in [4.78, 5) is 31.7. The number of methoxy groups -OCH3 is 1. The lowest BCUT2D eigenvalue weighted by molar-refractivity contribution is -0.132. The second-order valence-corrected chi connectivity index (χ2v) is 8.93. The maximum absolute atomic E-state index is 13.5. The van der Waals surface area contributed by atoms with Gasteiger partial charge in [-0.1, -0.05) is 30.3 Å². The van der Waals surface area contributed by atoms with Crippen LogP contribution in [0, 0.1) is 20.8 Å². The Morgan fingerprint density at radius 2 is 1.74 bits per heavy atom. The smallest absolute Gasteiger partial charge is 0.300 e. The number of carbonyl (C=O) groups is 2. The van der Waals surface area contributed by atoms with E-state index in [1.807, 2.05) is 81.6 Å². The number of hydrogen-bond donors (Lipinski definition) is 2. The maximum Gasteiger partial charge on any atom is 0.300 e.